The van der Waals surface area contributed by atoms with Crippen LogP contribution in [0.2, 0.25) is 0 Å². The van der Waals surface area contributed by atoms with Crippen LogP contribution >= 0.6 is 22.7 Å². The van der Waals surface area contributed by atoms with Gasteiger partial charge in [0.25, 0.3) is 0 Å². The van der Waals surface area contributed by atoms with E-state index < -0.39 is 5.60 Å². The Morgan fingerprint density at radius 3 is 2.60 bits per heavy atom. The van der Waals surface area contributed by atoms with E-state index in [1.165, 1.54) is 11.3 Å². The van der Waals surface area contributed by atoms with Crippen molar-refractivity contribution in [2.24, 2.45) is 0 Å². The van der Waals surface area contributed by atoms with E-state index in [9.17, 15) is 14.7 Å². The quantitative estimate of drug-likeness (QED) is 0.447. The molecule has 1 aromatic carbocycles. The molecule has 0 saturated heterocycles. The Labute approximate surface area is 178 Å². The Morgan fingerprint density at radius 1 is 1.20 bits per heavy atom. The Balaban J connectivity index is 1.49. The van der Waals surface area contributed by atoms with Gasteiger partial charge >= 0.3 is 10.8 Å². The maximum Gasteiger partial charge on any atom is 0.338 e. The number of benzene rings is 1. The topological polar surface area (TPSA) is 131 Å². The SMILES string of the molecule is CC(C)(C)OC(=O)c1ccc2nc(Cc3nnc(Cc4sc(=O)[nH]c4O)o3)sc2c1. The van der Waals surface area contributed by atoms with E-state index >= 15 is 0 Å². The molecule has 0 aliphatic rings. The average molecular weight is 447 g/mol. The predicted octanol–water partition coefficient (Wildman–Crippen LogP) is 3.27. The van der Waals surface area contributed by atoms with Gasteiger partial charge < -0.3 is 14.3 Å². The fourth-order valence-electron chi connectivity index (χ4n) is 2.68. The molecule has 30 heavy (non-hydrogen) atoms. The number of carbonyl (C=O) groups excluding carboxylic acids is 1. The molecule has 0 fully saturated rings. The smallest absolute Gasteiger partial charge is 0.338 e. The standard InChI is InChI=1S/C19H18N4O5S2/c1-19(2,3)28-17(25)9-4-5-10-11(6-9)29-15(20-10)8-14-23-22-13(27-14)7-12-16(24)21-18(26)30-12/h4-6,24H,7-8H2,1-3H3,(H,21,26). The van der Waals surface area contributed by atoms with Gasteiger partial charge in [0, 0.05) is 0 Å². The van der Waals surface area contributed by atoms with Crippen molar-refractivity contribution in [2.75, 3.05) is 0 Å². The zero-order valence-electron chi connectivity index (χ0n) is 16.4. The third-order valence-electron chi connectivity index (χ3n) is 3.89. The van der Waals surface area contributed by atoms with Gasteiger partial charge in [0.15, 0.2) is 0 Å². The second-order valence-corrected chi connectivity index (χ2v) is 9.70. The van der Waals surface area contributed by atoms with E-state index in [4.69, 9.17) is 9.15 Å². The van der Waals surface area contributed by atoms with Crippen molar-refractivity contribution in [2.45, 2.75) is 39.2 Å². The van der Waals surface area contributed by atoms with Crippen molar-refractivity contribution in [3.8, 4) is 5.88 Å². The number of hydrogen-bond acceptors (Lipinski definition) is 10. The first-order chi connectivity index (χ1) is 14.2. The van der Waals surface area contributed by atoms with Crippen LogP contribution in [0, 0.1) is 0 Å². The van der Waals surface area contributed by atoms with Gasteiger partial charge in [0.05, 0.1) is 33.5 Å². The molecular weight excluding hydrogens is 428 g/mol. The van der Waals surface area contributed by atoms with Gasteiger partial charge in [0.1, 0.15) is 10.6 Å². The van der Waals surface area contributed by atoms with Crippen molar-refractivity contribution in [3.05, 3.63) is 55.1 Å². The normalized spacial score (nSPS) is 11.8. The van der Waals surface area contributed by atoms with E-state index in [-0.39, 0.29) is 23.1 Å². The molecule has 156 valence electrons. The van der Waals surface area contributed by atoms with Crippen molar-refractivity contribution < 1.29 is 19.1 Å². The van der Waals surface area contributed by atoms with Gasteiger partial charge in [-0.2, -0.15) is 0 Å². The number of esters is 1. The molecule has 2 N–H and O–H groups in total. The number of ether oxygens (including phenoxy) is 1. The van der Waals surface area contributed by atoms with Gasteiger partial charge in [0.2, 0.25) is 17.7 Å². The molecule has 0 spiro atoms. The number of hydrogen-bond donors (Lipinski definition) is 2. The largest absolute Gasteiger partial charge is 0.494 e. The third kappa shape index (κ3) is 4.57. The summed E-state index contributed by atoms with van der Waals surface area (Å²) in [6.45, 7) is 5.47. The zero-order valence-corrected chi connectivity index (χ0v) is 18.0. The highest BCUT2D eigenvalue weighted by Gasteiger charge is 2.19. The number of aromatic hydroxyl groups is 1. The second-order valence-electron chi connectivity index (χ2n) is 7.52. The minimum absolute atomic E-state index is 0.168. The number of fused-ring (bicyclic) bond motifs is 1. The Bertz CT molecular complexity index is 1280. The first kappa shape index (κ1) is 20.2. The molecule has 0 unspecified atom stereocenters. The molecule has 0 amide bonds. The van der Waals surface area contributed by atoms with Crippen molar-refractivity contribution >= 4 is 38.9 Å². The number of nitrogens with one attached hydrogen (secondary N) is 1. The van der Waals surface area contributed by atoms with Gasteiger partial charge in [-0.25, -0.2) is 9.78 Å². The maximum absolute atomic E-state index is 12.3. The number of aromatic nitrogens is 4. The minimum atomic E-state index is -0.562. The van der Waals surface area contributed by atoms with Crippen LogP contribution in [0.3, 0.4) is 0 Å². The molecule has 9 nitrogen and oxygen atoms in total. The lowest BCUT2D eigenvalue weighted by atomic mass is 10.1. The van der Waals surface area contributed by atoms with Gasteiger partial charge in [-0.05, 0) is 39.0 Å². The Kier molecular flexibility index (Phi) is 5.16. The van der Waals surface area contributed by atoms with Crippen LogP contribution in [0.1, 0.15) is 52.8 Å². The zero-order chi connectivity index (χ0) is 21.5. The third-order valence-corrected chi connectivity index (χ3v) is 5.78. The molecule has 0 bridgehead atoms. The summed E-state index contributed by atoms with van der Waals surface area (Å²) < 4.78 is 11.9. The number of nitrogens with zero attached hydrogens (tertiary/aromatic N) is 3. The first-order valence-electron chi connectivity index (χ1n) is 9.01. The van der Waals surface area contributed by atoms with Crippen LogP contribution in [0.5, 0.6) is 5.88 Å². The number of carbonyl (C=O) groups is 1. The number of aromatic amines is 1. The highest BCUT2D eigenvalue weighted by Crippen LogP contribution is 2.26. The molecule has 11 heteroatoms. The second kappa shape index (κ2) is 7.65. The van der Waals surface area contributed by atoms with Gasteiger partial charge in [-0.1, -0.05) is 11.3 Å². The van der Waals surface area contributed by atoms with Gasteiger partial charge in [-0.3, -0.25) is 9.78 Å². The van der Waals surface area contributed by atoms with Crippen LogP contribution < -0.4 is 4.87 Å². The Morgan fingerprint density at radius 2 is 1.93 bits per heavy atom. The molecule has 0 radical (unpaired) electrons. The first-order valence-corrected chi connectivity index (χ1v) is 10.6. The highest BCUT2D eigenvalue weighted by molar-refractivity contribution is 7.18. The summed E-state index contributed by atoms with van der Waals surface area (Å²) in [6.07, 6.45) is 0.505. The molecule has 0 atom stereocenters. The van der Waals surface area contributed by atoms with Crippen molar-refractivity contribution in [1.82, 2.24) is 20.2 Å². The van der Waals surface area contributed by atoms with Crippen molar-refractivity contribution in [3.63, 3.8) is 0 Å². The molecule has 4 aromatic rings. The highest BCUT2D eigenvalue weighted by atomic mass is 32.1. The van der Waals surface area contributed by atoms with Crippen LogP contribution in [0.4, 0.5) is 0 Å². The molecule has 0 aliphatic carbocycles. The fourth-order valence-corrected chi connectivity index (χ4v) is 4.39. The summed E-state index contributed by atoms with van der Waals surface area (Å²) in [4.78, 5) is 30.5. The lowest BCUT2D eigenvalue weighted by Gasteiger charge is -2.19. The summed E-state index contributed by atoms with van der Waals surface area (Å²) in [5.74, 6) is 0.107. The van der Waals surface area contributed by atoms with Crippen LogP contribution in [0.25, 0.3) is 10.2 Å². The summed E-state index contributed by atoms with van der Waals surface area (Å²) in [6, 6.07) is 5.24. The lowest BCUT2D eigenvalue weighted by molar-refractivity contribution is 0.00697. The van der Waals surface area contributed by atoms with Crippen LogP contribution in [-0.4, -0.2) is 36.8 Å². The molecular formula is C19H18N4O5S2. The maximum atomic E-state index is 12.3. The summed E-state index contributed by atoms with van der Waals surface area (Å²) in [7, 11) is 0. The molecule has 0 saturated carbocycles. The van der Waals surface area contributed by atoms with E-state index in [0.29, 0.717) is 28.6 Å². The van der Waals surface area contributed by atoms with E-state index in [0.717, 1.165) is 26.6 Å². The minimum Gasteiger partial charge on any atom is -0.494 e. The monoisotopic (exact) mass is 446 g/mol. The number of thiazole rings is 2. The van der Waals surface area contributed by atoms with E-state index in [1.807, 2.05) is 20.8 Å². The van der Waals surface area contributed by atoms with Gasteiger partial charge in [-0.15, -0.1) is 21.5 Å². The molecule has 4 rings (SSSR count). The Hall–Kier alpha value is -3.05. The van der Waals surface area contributed by atoms with E-state index in [2.05, 4.69) is 20.2 Å². The van der Waals surface area contributed by atoms with E-state index in [1.54, 1.807) is 18.2 Å². The molecule has 3 heterocycles. The van der Waals surface area contributed by atoms with Crippen LogP contribution in [-0.2, 0) is 17.6 Å². The molecule has 0 aliphatic heterocycles. The number of H-pyrrole nitrogens is 1. The fraction of sp³-hybridized carbons (Fsp3) is 0.316. The number of rotatable bonds is 5. The predicted molar refractivity (Wildman–Crippen MR) is 111 cm³/mol. The van der Waals surface area contributed by atoms with Crippen LogP contribution in [0.15, 0.2) is 27.4 Å². The summed E-state index contributed by atoms with van der Waals surface area (Å²) in [5.41, 5.74) is 0.676. The molecule has 3 aromatic heterocycles. The average Bonchev–Trinajstić information content (AvgIpc) is 3.32. The van der Waals surface area contributed by atoms with Crippen molar-refractivity contribution in [1.29, 1.82) is 0 Å². The lowest BCUT2D eigenvalue weighted by Crippen LogP contribution is -2.23. The summed E-state index contributed by atoms with van der Waals surface area (Å²) in [5, 5.41) is 18.4. The summed E-state index contributed by atoms with van der Waals surface area (Å²) >= 11 is 2.33.